The molecule has 106 valence electrons. The van der Waals surface area contributed by atoms with Crippen molar-refractivity contribution in [2.24, 2.45) is 0 Å². The number of Topliss-reactive ketones (excluding diaryl/α,β-unsaturated/α-hetero) is 1. The number of hydrogen-bond donors (Lipinski definition) is 0. The van der Waals surface area contributed by atoms with E-state index in [-0.39, 0.29) is 24.7 Å². The second kappa shape index (κ2) is 5.58. The lowest BCUT2D eigenvalue weighted by molar-refractivity contribution is -0.384. The van der Waals surface area contributed by atoms with Gasteiger partial charge in [-0.15, -0.1) is 0 Å². The monoisotopic (exact) mass is 283 g/mol. The highest BCUT2D eigenvalue weighted by atomic mass is 16.6. The summed E-state index contributed by atoms with van der Waals surface area (Å²) in [4.78, 5) is 22.2. The van der Waals surface area contributed by atoms with Gasteiger partial charge in [0.25, 0.3) is 5.69 Å². The Balaban J connectivity index is 0.00000161. The maximum atomic E-state index is 12.1. The molecular formula is C16H13NO4. The molecule has 0 spiro atoms. The molecule has 0 saturated heterocycles. The number of benzene rings is 2. The first-order valence-electron chi connectivity index (χ1n) is 5.93. The zero-order chi connectivity index (χ0) is 14.1. The van der Waals surface area contributed by atoms with Crippen LogP contribution in [0.4, 0.5) is 5.69 Å². The standard InChI is InChI=1S/C15H9NO4.CH4/c17-15-12-3-1-2-4-13(12)20-14(15)9-10-5-7-11(8-6-10)16(18)19;/h1-9H;1H4/b14-9-;. The number of carbonyl (C=O) groups is 1. The highest BCUT2D eigenvalue weighted by Gasteiger charge is 2.26. The fourth-order valence-corrected chi connectivity index (χ4v) is 1.98. The van der Waals surface area contributed by atoms with Crippen LogP contribution >= 0.6 is 0 Å². The number of nitro benzene ring substituents is 1. The Labute approximate surface area is 121 Å². The van der Waals surface area contributed by atoms with Crippen LogP contribution in [0.25, 0.3) is 6.08 Å². The van der Waals surface area contributed by atoms with E-state index in [1.165, 1.54) is 12.1 Å². The van der Waals surface area contributed by atoms with Crippen LogP contribution in [0.2, 0.25) is 0 Å². The maximum absolute atomic E-state index is 12.1. The van der Waals surface area contributed by atoms with Crippen LogP contribution in [-0.2, 0) is 0 Å². The fraction of sp³-hybridized carbons (Fsp3) is 0.0625. The number of para-hydroxylation sites is 1. The third-order valence-electron chi connectivity index (χ3n) is 2.98. The van der Waals surface area contributed by atoms with Gasteiger partial charge in [0, 0.05) is 12.1 Å². The maximum Gasteiger partial charge on any atom is 0.269 e. The second-order valence-electron chi connectivity index (χ2n) is 4.28. The number of allylic oxidation sites excluding steroid dienone is 1. The number of carbonyl (C=O) groups excluding carboxylic acids is 1. The first-order chi connectivity index (χ1) is 9.65. The summed E-state index contributed by atoms with van der Waals surface area (Å²) in [6.07, 6.45) is 1.58. The zero-order valence-corrected chi connectivity index (χ0v) is 10.3. The van der Waals surface area contributed by atoms with Crippen LogP contribution in [-0.4, -0.2) is 10.7 Å². The number of nitrogens with zero attached hydrogens (tertiary/aromatic N) is 1. The SMILES string of the molecule is C.O=C1/C(=C/c2ccc([N+](=O)[O-])cc2)Oc2ccccc21. The molecule has 0 atom stereocenters. The fourth-order valence-electron chi connectivity index (χ4n) is 1.98. The van der Waals surface area contributed by atoms with Gasteiger partial charge in [-0.05, 0) is 35.9 Å². The van der Waals surface area contributed by atoms with Gasteiger partial charge in [-0.1, -0.05) is 19.6 Å². The second-order valence-corrected chi connectivity index (χ2v) is 4.28. The molecule has 0 bridgehead atoms. The van der Waals surface area contributed by atoms with Gasteiger partial charge in [0.05, 0.1) is 10.5 Å². The van der Waals surface area contributed by atoms with E-state index >= 15 is 0 Å². The molecule has 0 radical (unpaired) electrons. The van der Waals surface area contributed by atoms with E-state index in [0.29, 0.717) is 16.9 Å². The van der Waals surface area contributed by atoms with Crippen molar-refractivity contribution < 1.29 is 14.5 Å². The lowest BCUT2D eigenvalue weighted by Gasteiger charge is -1.98. The third-order valence-corrected chi connectivity index (χ3v) is 2.98. The molecule has 5 heteroatoms. The Hall–Kier alpha value is -2.95. The van der Waals surface area contributed by atoms with E-state index < -0.39 is 4.92 Å². The van der Waals surface area contributed by atoms with Crippen molar-refractivity contribution in [2.45, 2.75) is 7.43 Å². The minimum atomic E-state index is -0.468. The number of hydrogen-bond acceptors (Lipinski definition) is 4. The summed E-state index contributed by atoms with van der Waals surface area (Å²) in [7, 11) is 0. The molecule has 0 unspecified atom stereocenters. The predicted octanol–water partition coefficient (Wildman–Crippen LogP) is 3.85. The lowest BCUT2D eigenvalue weighted by Crippen LogP contribution is -1.98. The summed E-state index contributed by atoms with van der Waals surface area (Å²) < 4.78 is 5.48. The summed E-state index contributed by atoms with van der Waals surface area (Å²) in [6.45, 7) is 0. The Morgan fingerprint density at radius 2 is 1.71 bits per heavy atom. The molecule has 2 aromatic rings. The molecule has 0 saturated carbocycles. The van der Waals surface area contributed by atoms with Crippen molar-refractivity contribution in [3.8, 4) is 5.75 Å². The highest BCUT2D eigenvalue weighted by Crippen LogP contribution is 2.31. The Morgan fingerprint density at radius 1 is 1.05 bits per heavy atom. The molecule has 0 aromatic heterocycles. The predicted molar refractivity (Wildman–Crippen MR) is 79.2 cm³/mol. The van der Waals surface area contributed by atoms with Crippen molar-refractivity contribution in [3.05, 3.63) is 75.5 Å². The number of rotatable bonds is 2. The van der Waals surface area contributed by atoms with Crippen molar-refractivity contribution in [1.29, 1.82) is 0 Å². The van der Waals surface area contributed by atoms with Gasteiger partial charge in [0.15, 0.2) is 5.76 Å². The van der Waals surface area contributed by atoms with Gasteiger partial charge in [-0.3, -0.25) is 14.9 Å². The van der Waals surface area contributed by atoms with Gasteiger partial charge in [-0.2, -0.15) is 0 Å². The van der Waals surface area contributed by atoms with E-state index in [2.05, 4.69) is 0 Å². The van der Waals surface area contributed by atoms with E-state index in [9.17, 15) is 14.9 Å². The number of ether oxygens (including phenoxy) is 1. The number of ketones is 1. The third kappa shape index (κ3) is 2.67. The number of fused-ring (bicyclic) bond motifs is 1. The molecule has 3 rings (SSSR count). The minimum Gasteiger partial charge on any atom is -0.452 e. The Morgan fingerprint density at radius 3 is 2.33 bits per heavy atom. The first-order valence-corrected chi connectivity index (χ1v) is 5.93. The van der Waals surface area contributed by atoms with Crippen molar-refractivity contribution in [1.82, 2.24) is 0 Å². The van der Waals surface area contributed by atoms with E-state index in [1.54, 1.807) is 42.5 Å². The highest BCUT2D eigenvalue weighted by molar-refractivity contribution is 6.14. The van der Waals surface area contributed by atoms with Gasteiger partial charge >= 0.3 is 0 Å². The summed E-state index contributed by atoms with van der Waals surface area (Å²) in [5.41, 5.74) is 1.21. The zero-order valence-electron chi connectivity index (χ0n) is 10.3. The number of non-ortho nitro benzene ring substituents is 1. The molecule has 21 heavy (non-hydrogen) atoms. The van der Waals surface area contributed by atoms with Gasteiger partial charge in [0.1, 0.15) is 5.75 Å². The van der Waals surface area contributed by atoms with E-state index in [0.717, 1.165) is 0 Å². The molecule has 0 amide bonds. The lowest BCUT2D eigenvalue weighted by atomic mass is 10.1. The van der Waals surface area contributed by atoms with E-state index in [1.807, 2.05) is 0 Å². The molecule has 5 nitrogen and oxygen atoms in total. The molecular weight excluding hydrogens is 270 g/mol. The Bertz CT molecular complexity index is 732. The van der Waals surface area contributed by atoms with Crippen molar-refractivity contribution in [3.63, 3.8) is 0 Å². The number of nitro groups is 1. The van der Waals surface area contributed by atoms with Gasteiger partial charge in [-0.25, -0.2) is 0 Å². The van der Waals surface area contributed by atoms with Gasteiger partial charge in [0.2, 0.25) is 5.78 Å². The summed E-state index contributed by atoms with van der Waals surface area (Å²) in [5.74, 6) is 0.574. The molecule has 0 fully saturated rings. The van der Waals surface area contributed by atoms with Crippen LogP contribution in [0, 0.1) is 10.1 Å². The van der Waals surface area contributed by atoms with Crippen LogP contribution in [0.15, 0.2) is 54.3 Å². The largest absolute Gasteiger partial charge is 0.452 e. The average Bonchev–Trinajstić information content (AvgIpc) is 2.77. The minimum absolute atomic E-state index is 0. The van der Waals surface area contributed by atoms with Crippen molar-refractivity contribution >= 4 is 17.5 Å². The molecule has 0 N–H and O–H groups in total. The molecule has 1 heterocycles. The molecule has 1 aliphatic rings. The summed E-state index contributed by atoms with van der Waals surface area (Å²) in [6, 6.07) is 12.9. The summed E-state index contributed by atoms with van der Waals surface area (Å²) >= 11 is 0. The molecule has 2 aromatic carbocycles. The van der Waals surface area contributed by atoms with Crippen LogP contribution in [0.5, 0.6) is 5.75 Å². The first kappa shape index (κ1) is 14.5. The van der Waals surface area contributed by atoms with Crippen LogP contribution < -0.4 is 4.74 Å². The normalized spacial score (nSPS) is 14.3. The van der Waals surface area contributed by atoms with Crippen LogP contribution in [0.1, 0.15) is 23.3 Å². The summed E-state index contributed by atoms with van der Waals surface area (Å²) in [5, 5.41) is 10.6. The molecule has 0 aliphatic carbocycles. The smallest absolute Gasteiger partial charge is 0.269 e. The molecule has 1 aliphatic heterocycles. The Kier molecular flexibility index (Phi) is 3.84. The average molecular weight is 283 g/mol. The quantitative estimate of drug-likeness (QED) is 0.477. The van der Waals surface area contributed by atoms with E-state index in [4.69, 9.17) is 4.74 Å². The van der Waals surface area contributed by atoms with Gasteiger partial charge < -0.3 is 4.74 Å². The van der Waals surface area contributed by atoms with Crippen molar-refractivity contribution in [2.75, 3.05) is 0 Å². The van der Waals surface area contributed by atoms with Crippen LogP contribution in [0.3, 0.4) is 0 Å². The topological polar surface area (TPSA) is 69.4 Å².